The normalized spacial score (nSPS) is 16.3. The number of amides is 1. The molecule has 1 amide bonds. The van der Waals surface area contributed by atoms with E-state index in [0.29, 0.717) is 11.8 Å². The van der Waals surface area contributed by atoms with E-state index in [-0.39, 0.29) is 12.0 Å². The molecule has 138 valence electrons. The van der Waals surface area contributed by atoms with E-state index in [4.69, 9.17) is 0 Å². The summed E-state index contributed by atoms with van der Waals surface area (Å²) in [7, 11) is 0. The maximum absolute atomic E-state index is 12.4. The van der Waals surface area contributed by atoms with Crippen LogP contribution in [0.15, 0.2) is 48.5 Å². The zero-order chi connectivity index (χ0) is 18.8. The first kappa shape index (κ1) is 18.5. The van der Waals surface area contributed by atoms with Gasteiger partial charge >= 0.3 is 6.09 Å². The number of benzene rings is 2. The lowest BCUT2D eigenvalue weighted by Gasteiger charge is -2.33. The van der Waals surface area contributed by atoms with Gasteiger partial charge < -0.3 is 5.11 Å². The molecule has 3 rings (SSSR count). The molecule has 0 bridgehead atoms. The summed E-state index contributed by atoms with van der Waals surface area (Å²) in [5.41, 5.74) is 4.19. The Morgan fingerprint density at radius 1 is 0.962 bits per heavy atom. The minimum absolute atomic E-state index is 0.237. The average molecular weight is 351 g/mol. The highest BCUT2D eigenvalue weighted by molar-refractivity contribution is 5.90. The highest BCUT2D eigenvalue weighted by atomic mass is 16.4. The van der Waals surface area contributed by atoms with E-state index < -0.39 is 6.09 Å². The number of anilines is 1. The Morgan fingerprint density at radius 2 is 1.58 bits per heavy atom. The molecule has 0 aromatic heterocycles. The van der Waals surface area contributed by atoms with Crippen LogP contribution in [0.3, 0.4) is 0 Å². The summed E-state index contributed by atoms with van der Waals surface area (Å²) in [6.45, 7) is 8.50. The lowest BCUT2D eigenvalue weighted by Crippen LogP contribution is -2.34. The lowest BCUT2D eigenvalue weighted by molar-refractivity contribution is 0.199. The summed E-state index contributed by atoms with van der Waals surface area (Å²) in [5.74, 6) is 1.33. The minimum atomic E-state index is -0.890. The number of hydrogen-bond acceptors (Lipinski definition) is 1. The smallest absolute Gasteiger partial charge is 0.412 e. The van der Waals surface area contributed by atoms with Crippen LogP contribution in [0.2, 0.25) is 0 Å². The summed E-state index contributed by atoms with van der Waals surface area (Å²) in [5, 5.41) is 10.2. The molecule has 0 spiro atoms. The largest absolute Gasteiger partial charge is 0.465 e. The van der Waals surface area contributed by atoms with Crippen LogP contribution in [0.1, 0.15) is 75.1 Å². The van der Waals surface area contributed by atoms with Crippen LogP contribution in [0.5, 0.6) is 0 Å². The molecule has 0 aliphatic heterocycles. The second-order valence-corrected chi connectivity index (χ2v) is 7.81. The number of para-hydroxylation sites is 1. The van der Waals surface area contributed by atoms with Crippen LogP contribution >= 0.6 is 0 Å². The summed E-state index contributed by atoms with van der Waals surface area (Å²) < 4.78 is 0. The molecule has 1 aliphatic carbocycles. The molecule has 2 aromatic rings. The van der Waals surface area contributed by atoms with Crippen molar-refractivity contribution in [3.8, 4) is 0 Å². The summed E-state index contributed by atoms with van der Waals surface area (Å²) >= 11 is 0. The average Bonchev–Trinajstić information content (AvgIpc) is 3.46. The molecular formula is C23H29NO2. The predicted molar refractivity (Wildman–Crippen MR) is 107 cm³/mol. The van der Waals surface area contributed by atoms with Gasteiger partial charge in [0.25, 0.3) is 0 Å². The quantitative estimate of drug-likeness (QED) is 0.639. The molecular weight excluding hydrogens is 322 g/mol. The number of rotatable bonds is 6. The number of hydrogen-bond donors (Lipinski definition) is 1. The van der Waals surface area contributed by atoms with Gasteiger partial charge in [0, 0.05) is 0 Å². The molecule has 0 unspecified atom stereocenters. The Hall–Kier alpha value is -2.29. The van der Waals surface area contributed by atoms with Crippen molar-refractivity contribution in [2.45, 2.75) is 58.4 Å². The molecule has 26 heavy (non-hydrogen) atoms. The van der Waals surface area contributed by atoms with Crippen molar-refractivity contribution >= 4 is 11.8 Å². The Labute approximate surface area is 156 Å². The Morgan fingerprint density at radius 3 is 2.12 bits per heavy atom. The first-order chi connectivity index (χ1) is 12.4. The van der Waals surface area contributed by atoms with Crippen LogP contribution in [0.25, 0.3) is 0 Å². The highest BCUT2D eigenvalue weighted by Crippen LogP contribution is 2.47. The SMILES string of the molecule is CC(C)c1cccc([C@H](C)C2CC2)c1N(C(=O)O)[C@@H](C)c1ccccc1. The van der Waals surface area contributed by atoms with Gasteiger partial charge in [-0.3, -0.25) is 4.90 Å². The minimum Gasteiger partial charge on any atom is -0.465 e. The van der Waals surface area contributed by atoms with Crippen LogP contribution in [-0.2, 0) is 0 Å². The highest BCUT2D eigenvalue weighted by Gasteiger charge is 2.34. The fourth-order valence-electron chi connectivity index (χ4n) is 3.88. The fourth-order valence-corrected chi connectivity index (χ4v) is 3.88. The van der Waals surface area contributed by atoms with E-state index in [0.717, 1.165) is 16.8 Å². The molecule has 1 fully saturated rings. The Kier molecular flexibility index (Phi) is 5.36. The van der Waals surface area contributed by atoms with Crippen molar-refractivity contribution in [1.29, 1.82) is 0 Å². The van der Waals surface area contributed by atoms with Gasteiger partial charge in [-0.2, -0.15) is 0 Å². The van der Waals surface area contributed by atoms with Crippen LogP contribution in [-0.4, -0.2) is 11.2 Å². The molecule has 2 atom stereocenters. The molecule has 2 aromatic carbocycles. The van der Waals surface area contributed by atoms with Gasteiger partial charge in [0.2, 0.25) is 0 Å². The van der Waals surface area contributed by atoms with Crippen molar-refractivity contribution in [2.24, 2.45) is 5.92 Å². The van der Waals surface area contributed by atoms with E-state index in [1.54, 1.807) is 4.90 Å². The maximum atomic E-state index is 12.4. The van der Waals surface area contributed by atoms with E-state index in [9.17, 15) is 9.90 Å². The Balaban J connectivity index is 2.15. The molecule has 0 heterocycles. The number of carboxylic acid groups (broad SMARTS) is 1. The van der Waals surface area contributed by atoms with Crippen LogP contribution < -0.4 is 4.90 Å². The third-order valence-corrected chi connectivity index (χ3v) is 5.66. The molecule has 1 saturated carbocycles. The molecule has 3 nitrogen and oxygen atoms in total. The first-order valence-corrected chi connectivity index (χ1v) is 9.61. The van der Waals surface area contributed by atoms with Gasteiger partial charge in [0.1, 0.15) is 0 Å². The van der Waals surface area contributed by atoms with Gasteiger partial charge in [-0.05, 0) is 54.2 Å². The zero-order valence-electron chi connectivity index (χ0n) is 16.1. The van der Waals surface area contributed by atoms with Crippen molar-refractivity contribution in [3.05, 3.63) is 65.2 Å². The molecule has 1 N–H and O–H groups in total. The second-order valence-electron chi connectivity index (χ2n) is 7.81. The van der Waals surface area contributed by atoms with Gasteiger partial charge in [0.15, 0.2) is 0 Å². The van der Waals surface area contributed by atoms with Crippen molar-refractivity contribution in [1.82, 2.24) is 0 Å². The van der Waals surface area contributed by atoms with Gasteiger partial charge in [-0.15, -0.1) is 0 Å². The summed E-state index contributed by atoms with van der Waals surface area (Å²) in [6, 6.07) is 15.9. The van der Waals surface area contributed by atoms with E-state index in [2.05, 4.69) is 39.0 Å². The summed E-state index contributed by atoms with van der Waals surface area (Å²) in [4.78, 5) is 14.0. The molecule has 3 heteroatoms. The molecule has 0 radical (unpaired) electrons. The van der Waals surface area contributed by atoms with Gasteiger partial charge in [-0.1, -0.05) is 69.3 Å². The van der Waals surface area contributed by atoms with Crippen LogP contribution in [0, 0.1) is 5.92 Å². The maximum Gasteiger partial charge on any atom is 0.412 e. The topological polar surface area (TPSA) is 40.5 Å². The number of carbonyl (C=O) groups is 1. The second kappa shape index (κ2) is 7.53. The van der Waals surface area contributed by atoms with E-state index in [1.165, 1.54) is 18.4 Å². The molecule has 0 saturated heterocycles. The fraction of sp³-hybridized carbons (Fsp3) is 0.435. The standard InChI is InChI=1S/C23H29NO2/c1-15(2)20-11-8-12-21(16(3)18-13-14-18)22(20)24(23(25)26)17(4)19-9-6-5-7-10-19/h5-12,15-18H,13-14H2,1-4H3,(H,25,26)/t16-,17+/m1/s1. The third-order valence-electron chi connectivity index (χ3n) is 5.66. The van der Waals surface area contributed by atoms with Crippen molar-refractivity contribution < 1.29 is 9.90 Å². The monoisotopic (exact) mass is 351 g/mol. The van der Waals surface area contributed by atoms with Crippen molar-refractivity contribution in [3.63, 3.8) is 0 Å². The molecule has 1 aliphatic rings. The lowest BCUT2D eigenvalue weighted by atomic mass is 9.88. The van der Waals surface area contributed by atoms with Crippen LogP contribution in [0.4, 0.5) is 10.5 Å². The van der Waals surface area contributed by atoms with Gasteiger partial charge in [-0.25, -0.2) is 4.79 Å². The van der Waals surface area contributed by atoms with E-state index >= 15 is 0 Å². The third kappa shape index (κ3) is 3.62. The first-order valence-electron chi connectivity index (χ1n) is 9.61. The predicted octanol–water partition coefficient (Wildman–Crippen LogP) is 6.57. The Bertz CT molecular complexity index is 765. The van der Waals surface area contributed by atoms with Gasteiger partial charge in [0.05, 0.1) is 11.7 Å². The van der Waals surface area contributed by atoms with Crippen molar-refractivity contribution in [2.75, 3.05) is 4.90 Å². The number of nitrogens with zero attached hydrogens (tertiary/aromatic N) is 1. The summed E-state index contributed by atoms with van der Waals surface area (Å²) in [6.07, 6.45) is 1.60. The van der Waals surface area contributed by atoms with E-state index in [1.807, 2.05) is 37.3 Å². The zero-order valence-corrected chi connectivity index (χ0v) is 16.1.